The first kappa shape index (κ1) is 18.5. The topological polar surface area (TPSA) is 45.2 Å². The molecule has 1 aliphatic heterocycles. The lowest BCUT2D eigenvalue weighted by Gasteiger charge is -2.17. The highest BCUT2D eigenvalue weighted by atomic mass is 35.5. The maximum absolute atomic E-state index is 12.7. The highest BCUT2D eigenvalue weighted by Gasteiger charge is 2.34. The fourth-order valence-corrected chi connectivity index (χ4v) is 2.85. The van der Waals surface area contributed by atoms with Crippen LogP contribution in [0.4, 0.5) is 24.7 Å². The third kappa shape index (κ3) is 3.94. The number of hydrogen-bond acceptors (Lipinski definition) is 3. The van der Waals surface area contributed by atoms with Crippen LogP contribution in [0, 0.1) is 0 Å². The normalized spacial score (nSPS) is 16.4. The van der Waals surface area contributed by atoms with Crippen LogP contribution in [0.1, 0.15) is 12.0 Å². The minimum atomic E-state index is -4.54. The quantitative estimate of drug-likeness (QED) is 0.724. The van der Waals surface area contributed by atoms with Crippen molar-refractivity contribution in [3.63, 3.8) is 0 Å². The lowest BCUT2D eigenvalue weighted by Crippen LogP contribution is -2.26. The number of amides is 1. The molecule has 0 atom stereocenters. The zero-order valence-corrected chi connectivity index (χ0v) is 14.7. The Bertz CT molecular complexity index is 867. The van der Waals surface area contributed by atoms with Gasteiger partial charge in [-0.3, -0.25) is 9.69 Å². The molecule has 136 valence electrons. The molecule has 0 spiro atoms. The molecular formula is C17H12Cl2F3N3O. The summed E-state index contributed by atoms with van der Waals surface area (Å²) < 4.78 is 38.1. The number of aromatic nitrogens is 1. The second kappa shape index (κ2) is 7.17. The average Bonchev–Trinajstić information content (AvgIpc) is 2.94. The summed E-state index contributed by atoms with van der Waals surface area (Å²) in [6, 6.07) is 7.69. The summed E-state index contributed by atoms with van der Waals surface area (Å²) in [6.07, 6.45) is -1.90. The van der Waals surface area contributed by atoms with E-state index in [1.807, 2.05) is 0 Å². The van der Waals surface area contributed by atoms with Crippen LogP contribution in [0.2, 0.25) is 10.0 Å². The number of anilines is 2. The van der Waals surface area contributed by atoms with Crippen molar-refractivity contribution >= 4 is 40.6 Å². The first-order valence-corrected chi connectivity index (χ1v) is 8.27. The Morgan fingerprint density at radius 1 is 1.19 bits per heavy atom. The van der Waals surface area contributed by atoms with Crippen LogP contribution in [0.3, 0.4) is 0 Å². The van der Waals surface area contributed by atoms with E-state index in [0.717, 1.165) is 11.8 Å². The van der Waals surface area contributed by atoms with Crippen molar-refractivity contribution in [2.45, 2.75) is 12.6 Å². The molecule has 1 saturated heterocycles. The van der Waals surface area contributed by atoms with Crippen molar-refractivity contribution < 1.29 is 18.0 Å². The van der Waals surface area contributed by atoms with E-state index in [9.17, 15) is 18.0 Å². The van der Waals surface area contributed by atoms with E-state index in [2.05, 4.69) is 10.3 Å². The number of alkyl halides is 3. The van der Waals surface area contributed by atoms with Crippen molar-refractivity contribution in [1.29, 1.82) is 0 Å². The lowest BCUT2D eigenvalue weighted by atomic mass is 10.2. The number of pyridine rings is 1. The predicted molar refractivity (Wildman–Crippen MR) is 94.4 cm³/mol. The molecule has 1 aromatic carbocycles. The van der Waals surface area contributed by atoms with E-state index < -0.39 is 11.7 Å². The van der Waals surface area contributed by atoms with E-state index in [0.29, 0.717) is 23.2 Å². The Hall–Kier alpha value is -2.25. The van der Waals surface area contributed by atoms with E-state index in [4.69, 9.17) is 23.2 Å². The van der Waals surface area contributed by atoms with Gasteiger partial charge in [0.25, 0.3) is 5.91 Å². The van der Waals surface area contributed by atoms with Crippen LogP contribution in [-0.4, -0.2) is 17.4 Å². The number of nitrogens with zero attached hydrogens (tertiary/aromatic N) is 2. The fraction of sp³-hybridized carbons (Fsp3) is 0.176. The van der Waals surface area contributed by atoms with E-state index >= 15 is 0 Å². The van der Waals surface area contributed by atoms with E-state index in [1.165, 1.54) is 4.90 Å². The van der Waals surface area contributed by atoms with Gasteiger partial charge >= 0.3 is 6.18 Å². The first-order chi connectivity index (χ1) is 12.3. The van der Waals surface area contributed by atoms with Gasteiger partial charge in [0.05, 0.1) is 10.6 Å². The zero-order valence-electron chi connectivity index (χ0n) is 13.1. The molecule has 0 bridgehead atoms. The molecule has 4 nitrogen and oxygen atoms in total. The van der Waals surface area contributed by atoms with Gasteiger partial charge in [-0.25, -0.2) is 4.98 Å². The summed E-state index contributed by atoms with van der Waals surface area (Å²) in [7, 11) is 0. The molecule has 1 aromatic heterocycles. The average molecular weight is 402 g/mol. The monoisotopic (exact) mass is 401 g/mol. The van der Waals surface area contributed by atoms with Gasteiger partial charge in [0.2, 0.25) is 0 Å². The van der Waals surface area contributed by atoms with Crippen molar-refractivity contribution in [2.24, 2.45) is 0 Å². The Morgan fingerprint density at radius 3 is 2.50 bits per heavy atom. The number of nitrogens with one attached hydrogen (secondary N) is 1. The number of halogens is 5. The summed E-state index contributed by atoms with van der Waals surface area (Å²) in [5.74, 6) is -0.347. The smallest absolute Gasteiger partial charge is 0.361 e. The molecule has 0 radical (unpaired) electrons. The van der Waals surface area contributed by atoms with Gasteiger partial charge < -0.3 is 5.32 Å². The van der Waals surface area contributed by atoms with Crippen LogP contribution >= 0.6 is 23.2 Å². The fourth-order valence-electron chi connectivity index (χ4n) is 2.45. The highest BCUT2D eigenvalue weighted by Crippen LogP contribution is 2.35. The number of carbonyl (C=O) groups is 1. The van der Waals surface area contributed by atoms with Crippen LogP contribution in [0.5, 0.6) is 0 Å². The van der Waals surface area contributed by atoms with Crippen LogP contribution in [0.15, 0.2) is 48.3 Å². The first-order valence-electron chi connectivity index (χ1n) is 7.51. The molecule has 0 saturated carbocycles. The van der Waals surface area contributed by atoms with Gasteiger partial charge in [-0.1, -0.05) is 23.2 Å². The Kier molecular flexibility index (Phi) is 5.11. The Balaban J connectivity index is 1.76. The number of hydrogen-bond donors (Lipinski definition) is 1. The van der Waals surface area contributed by atoms with Crippen molar-refractivity contribution in [1.82, 2.24) is 4.98 Å². The standard InChI is InChI=1S/C17H12Cl2F3N3O/c18-12-1-3-13(4-2-12)23-8-10-5-6-25(16(10)26)15-14(19)7-11(9-24-15)17(20,21)22/h1-4,7-9,23H,5-6H2. The van der Waals surface area contributed by atoms with Crippen molar-refractivity contribution in [2.75, 3.05) is 16.8 Å². The molecule has 26 heavy (non-hydrogen) atoms. The summed E-state index contributed by atoms with van der Waals surface area (Å²) in [6.45, 7) is 0.283. The molecule has 1 amide bonds. The molecule has 0 unspecified atom stereocenters. The molecule has 2 aromatic rings. The predicted octanol–water partition coefficient (Wildman–Crippen LogP) is 5.14. The molecule has 1 fully saturated rings. The van der Waals surface area contributed by atoms with Gasteiger partial charge in [0.15, 0.2) is 5.82 Å². The van der Waals surface area contributed by atoms with Gasteiger partial charge in [0.1, 0.15) is 0 Å². The van der Waals surface area contributed by atoms with Crippen molar-refractivity contribution in [3.05, 3.63) is 63.9 Å². The zero-order chi connectivity index (χ0) is 18.9. The third-order valence-corrected chi connectivity index (χ3v) is 4.32. The summed E-state index contributed by atoms with van der Waals surface area (Å²) in [5, 5.41) is 3.36. The summed E-state index contributed by atoms with van der Waals surface area (Å²) in [4.78, 5) is 17.5. The van der Waals surface area contributed by atoms with Gasteiger partial charge in [-0.05, 0) is 36.8 Å². The third-order valence-electron chi connectivity index (χ3n) is 3.79. The second-order valence-electron chi connectivity index (χ2n) is 5.55. The number of carbonyl (C=O) groups excluding carboxylic acids is 1. The SMILES string of the molecule is O=C1C(=CNc2ccc(Cl)cc2)CCN1c1ncc(C(F)(F)F)cc1Cl. The molecule has 1 N–H and O–H groups in total. The van der Waals surface area contributed by atoms with Crippen LogP contribution < -0.4 is 10.2 Å². The largest absolute Gasteiger partial charge is 0.417 e. The molecule has 9 heteroatoms. The van der Waals surface area contributed by atoms with Crippen molar-refractivity contribution in [3.8, 4) is 0 Å². The second-order valence-corrected chi connectivity index (χ2v) is 6.40. The summed E-state index contributed by atoms with van der Waals surface area (Å²) in [5.41, 5.74) is 0.259. The maximum Gasteiger partial charge on any atom is 0.417 e. The Labute approximate surface area is 157 Å². The lowest BCUT2D eigenvalue weighted by molar-refractivity contribution is -0.137. The minimum absolute atomic E-state index is 0.0135. The summed E-state index contributed by atoms with van der Waals surface area (Å²) >= 11 is 11.7. The maximum atomic E-state index is 12.7. The van der Waals surface area contributed by atoms with Crippen LogP contribution in [0.25, 0.3) is 0 Å². The minimum Gasteiger partial charge on any atom is -0.361 e. The van der Waals surface area contributed by atoms with E-state index in [-0.39, 0.29) is 23.3 Å². The number of benzene rings is 1. The van der Waals surface area contributed by atoms with Crippen LogP contribution in [-0.2, 0) is 11.0 Å². The van der Waals surface area contributed by atoms with Gasteiger partial charge in [-0.2, -0.15) is 13.2 Å². The number of rotatable bonds is 3. The van der Waals surface area contributed by atoms with E-state index in [1.54, 1.807) is 30.5 Å². The molecular weight excluding hydrogens is 390 g/mol. The van der Waals surface area contributed by atoms with Gasteiger partial charge in [0, 0.05) is 35.2 Å². The highest BCUT2D eigenvalue weighted by molar-refractivity contribution is 6.33. The molecule has 1 aliphatic rings. The molecule has 0 aliphatic carbocycles. The molecule has 3 rings (SSSR count). The Morgan fingerprint density at radius 2 is 1.88 bits per heavy atom. The molecule has 2 heterocycles. The van der Waals surface area contributed by atoms with Gasteiger partial charge in [-0.15, -0.1) is 0 Å².